The SMILES string of the molecule is Cc1cc(C(N)=S)nc(Nc2nc3c(s2)CCC3)n1. The van der Waals surface area contributed by atoms with Crippen LogP contribution in [0.25, 0.3) is 0 Å². The van der Waals surface area contributed by atoms with E-state index in [1.165, 1.54) is 17.0 Å². The number of fused-ring (bicyclic) bond motifs is 1. The fourth-order valence-electron chi connectivity index (χ4n) is 2.09. The molecule has 5 nitrogen and oxygen atoms in total. The van der Waals surface area contributed by atoms with Gasteiger partial charge in [0.25, 0.3) is 0 Å². The Morgan fingerprint density at radius 3 is 2.95 bits per heavy atom. The Balaban J connectivity index is 1.87. The van der Waals surface area contributed by atoms with Gasteiger partial charge in [-0.3, -0.25) is 0 Å². The van der Waals surface area contributed by atoms with Crippen LogP contribution in [0, 0.1) is 6.92 Å². The second-order valence-corrected chi connectivity index (χ2v) is 5.97. The van der Waals surface area contributed by atoms with E-state index in [1.807, 2.05) is 6.92 Å². The van der Waals surface area contributed by atoms with Crippen molar-refractivity contribution < 1.29 is 0 Å². The fraction of sp³-hybridized carbons (Fsp3) is 0.333. The zero-order valence-corrected chi connectivity index (χ0v) is 12.1. The summed E-state index contributed by atoms with van der Waals surface area (Å²) in [6, 6.07) is 1.77. The molecule has 3 N–H and O–H groups in total. The molecule has 0 fully saturated rings. The maximum Gasteiger partial charge on any atom is 0.229 e. The van der Waals surface area contributed by atoms with Crippen LogP contribution in [-0.2, 0) is 12.8 Å². The van der Waals surface area contributed by atoms with Crippen LogP contribution in [0.5, 0.6) is 0 Å². The van der Waals surface area contributed by atoms with Gasteiger partial charge >= 0.3 is 0 Å². The molecule has 7 heteroatoms. The summed E-state index contributed by atoms with van der Waals surface area (Å²) in [5.74, 6) is 0.496. The Kier molecular flexibility index (Phi) is 3.16. The highest BCUT2D eigenvalue weighted by molar-refractivity contribution is 7.80. The number of nitrogens with zero attached hydrogens (tertiary/aromatic N) is 3. The second-order valence-electron chi connectivity index (χ2n) is 4.45. The van der Waals surface area contributed by atoms with Gasteiger partial charge in [-0.05, 0) is 32.3 Å². The maximum atomic E-state index is 5.60. The van der Waals surface area contributed by atoms with Gasteiger partial charge in [0.1, 0.15) is 10.7 Å². The monoisotopic (exact) mass is 291 g/mol. The summed E-state index contributed by atoms with van der Waals surface area (Å²) in [4.78, 5) is 14.8. The van der Waals surface area contributed by atoms with Crippen LogP contribution in [0.4, 0.5) is 11.1 Å². The molecule has 0 saturated carbocycles. The van der Waals surface area contributed by atoms with Crippen LogP contribution in [0.2, 0.25) is 0 Å². The van der Waals surface area contributed by atoms with Gasteiger partial charge in [-0.2, -0.15) is 0 Å². The van der Waals surface area contributed by atoms with Crippen molar-refractivity contribution >= 4 is 39.6 Å². The van der Waals surface area contributed by atoms with E-state index in [0.717, 1.165) is 23.7 Å². The molecule has 0 amide bonds. The summed E-state index contributed by atoms with van der Waals surface area (Å²) in [6.45, 7) is 1.89. The number of aromatic nitrogens is 3. The second kappa shape index (κ2) is 4.82. The fourth-order valence-corrected chi connectivity index (χ4v) is 3.24. The molecule has 0 saturated heterocycles. The third-order valence-electron chi connectivity index (χ3n) is 2.92. The number of hydrogen-bond donors (Lipinski definition) is 2. The summed E-state index contributed by atoms with van der Waals surface area (Å²) in [6.07, 6.45) is 3.41. The van der Waals surface area contributed by atoms with Crippen LogP contribution in [0.15, 0.2) is 6.07 Å². The van der Waals surface area contributed by atoms with E-state index < -0.39 is 0 Å². The van der Waals surface area contributed by atoms with Gasteiger partial charge in [0.2, 0.25) is 5.95 Å². The molecule has 0 aliphatic heterocycles. The highest BCUT2D eigenvalue weighted by atomic mass is 32.1. The topological polar surface area (TPSA) is 76.7 Å². The molecule has 3 rings (SSSR count). The zero-order chi connectivity index (χ0) is 13.4. The average Bonchev–Trinajstić information content (AvgIpc) is 2.88. The van der Waals surface area contributed by atoms with E-state index in [4.69, 9.17) is 18.0 Å². The minimum atomic E-state index is 0.273. The Morgan fingerprint density at radius 1 is 1.37 bits per heavy atom. The van der Waals surface area contributed by atoms with Crippen LogP contribution in [0.1, 0.15) is 28.4 Å². The van der Waals surface area contributed by atoms with E-state index in [1.54, 1.807) is 17.4 Å². The standard InChI is InChI=1S/C12H13N5S2/c1-6-5-8(10(13)18)15-11(14-6)17-12-16-7-3-2-4-9(7)19-12/h5H,2-4H2,1H3,(H2,13,18)(H,14,15,16,17). The Hall–Kier alpha value is -1.60. The van der Waals surface area contributed by atoms with Gasteiger partial charge in [-0.25, -0.2) is 15.0 Å². The quantitative estimate of drug-likeness (QED) is 0.843. The summed E-state index contributed by atoms with van der Waals surface area (Å²) in [5, 5.41) is 3.98. The van der Waals surface area contributed by atoms with Crippen molar-refractivity contribution in [1.82, 2.24) is 15.0 Å². The van der Waals surface area contributed by atoms with E-state index in [9.17, 15) is 0 Å². The summed E-state index contributed by atoms with van der Waals surface area (Å²) in [5.41, 5.74) is 8.21. The van der Waals surface area contributed by atoms with Crippen molar-refractivity contribution in [2.45, 2.75) is 26.2 Å². The van der Waals surface area contributed by atoms with Gasteiger partial charge < -0.3 is 11.1 Å². The molecule has 1 aliphatic carbocycles. The predicted octanol–water partition coefficient (Wildman–Crippen LogP) is 2.11. The number of nitrogens with two attached hydrogens (primary N) is 1. The van der Waals surface area contributed by atoms with Crippen LogP contribution >= 0.6 is 23.6 Å². The van der Waals surface area contributed by atoms with Crippen molar-refractivity contribution in [1.29, 1.82) is 0 Å². The van der Waals surface area contributed by atoms with E-state index >= 15 is 0 Å². The molecule has 98 valence electrons. The molecule has 0 radical (unpaired) electrons. The van der Waals surface area contributed by atoms with Gasteiger partial charge in [-0.15, -0.1) is 11.3 Å². The molecule has 1 aliphatic rings. The van der Waals surface area contributed by atoms with Crippen LogP contribution in [0.3, 0.4) is 0 Å². The van der Waals surface area contributed by atoms with Gasteiger partial charge in [0.15, 0.2) is 5.13 Å². The number of aryl methyl sites for hydroxylation is 3. The van der Waals surface area contributed by atoms with Gasteiger partial charge in [-0.1, -0.05) is 12.2 Å². The van der Waals surface area contributed by atoms with E-state index in [2.05, 4.69) is 20.3 Å². The van der Waals surface area contributed by atoms with Crippen molar-refractivity contribution in [3.8, 4) is 0 Å². The third-order valence-corrected chi connectivity index (χ3v) is 4.20. The molecular weight excluding hydrogens is 278 g/mol. The highest BCUT2D eigenvalue weighted by Crippen LogP contribution is 2.31. The normalized spacial score (nSPS) is 13.3. The molecule has 2 aromatic heterocycles. The maximum absolute atomic E-state index is 5.60. The summed E-state index contributed by atoms with van der Waals surface area (Å²) in [7, 11) is 0. The molecular formula is C12H13N5S2. The molecule has 2 heterocycles. The molecule has 0 aromatic carbocycles. The smallest absolute Gasteiger partial charge is 0.229 e. The molecule has 0 spiro atoms. The Bertz CT molecular complexity index is 628. The van der Waals surface area contributed by atoms with Crippen LogP contribution < -0.4 is 11.1 Å². The third kappa shape index (κ3) is 2.57. The highest BCUT2D eigenvalue weighted by Gasteiger charge is 2.17. The molecule has 0 unspecified atom stereocenters. The van der Waals surface area contributed by atoms with Gasteiger partial charge in [0.05, 0.1) is 5.69 Å². The Morgan fingerprint density at radius 2 is 2.21 bits per heavy atom. The van der Waals surface area contributed by atoms with Gasteiger partial charge in [0, 0.05) is 10.6 Å². The van der Waals surface area contributed by atoms with Crippen LogP contribution in [-0.4, -0.2) is 19.9 Å². The number of hydrogen-bond acceptors (Lipinski definition) is 6. The van der Waals surface area contributed by atoms with Crippen molar-refractivity contribution in [2.75, 3.05) is 5.32 Å². The summed E-state index contributed by atoms with van der Waals surface area (Å²) < 4.78 is 0. The van der Waals surface area contributed by atoms with E-state index in [0.29, 0.717) is 11.6 Å². The lowest BCUT2D eigenvalue weighted by Gasteiger charge is -2.05. The molecule has 19 heavy (non-hydrogen) atoms. The lowest BCUT2D eigenvalue weighted by atomic mass is 10.3. The number of thiazole rings is 1. The summed E-state index contributed by atoms with van der Waals surface area (Å²) >= 11 is 6.62. The Labute approximate surface area is 120 Å². The lowest BCUT2D eigenvalue weighted by Crippen LogP contribution is -2.13. The number of thiocarbonyl (C=S) groups is 1. The molecule has 0 bridgehead atoms. The van der Waals surface area contributed by atoms with Crippen molar-refractivity contribution in [3.05, 3.63) is 28.0 Å². The number of rotatable bonds is 3. The number of nitrogens with one attached hydrogen (secondary N) is 1. The van der Waals surface area contributed by atoms with Crippen molar-refractivity contribution in [2.24, 2.45) is 5.73 Å². The largest absolute Gasteiger partial charge is 0.388 e. The van der Waals surface area contributed by atoms with Crippen molar-refractivity contribution in [3.63, 3.8) is 0 Å². The number of anilines is 2. The minimum absolute atomic E-state index is 0.273. The predicted molar refractivity (Wildman–Crippen MR) is 80.1 cm³/mol. The first kappa shape index (κ1) is 12.4. The first-order valence-electron chi connectivity index (χ1n) is 6.03. The first-order valence-corrected chi connectivity index (χ1v) is 7.25. The van der Waals surface area contributed by atoms with E-state index in [-0.39, 0.29) is 4.99 Å². The molecule has 0 atom stereocenters. The lowest BCUT2D eigenvalue weighted by molar-refractivity contribution is 0.900. The minimum Gasteiger partial charge on any atom is -0.388 e. The first-order chi connectivity index (χ1) is 9.11. The average molecular weight is 291 g/mol. The zero-order valence-electron chi connectivity index (χ0n) is 10.4. The molecule has 2 aromatic rings.